The summed E-state index contributed by atoms with van der Waals surface area (Å²) in [6.45, 7) is 7.46. The third-order valence-electron chi connectivity index (χ3n) is 5.80. The minimum Gasteiger partial charge on any atom is -0.487 e. The summed E-state index contributed by atoms with van der Waals surface area (Å²) in [7, 11) is -3.57. The van der Waals surface area contributed by atoms with E-state index >= 15 is 0 Å². The molecule has 0 aliphatic heterocycles. The summed E-state index contributed by atoms with van der Waals surface area (Å²) in [6, 6.07) is 19.7. The van der Waals surface area contributed by atoms with Gasteiger partial charge in [0.1, 0.15) is 29.7 Å². The van der Waals surface area contributed by atoms with Gasteiger partial charge in [0.15, 0.2) is 0 Å². The van der Waals surface area contributed by atoms with Gasteiger partial charge in [0, 0.05) is 11.6 Å². The molecule has 40 heavy (non-hydrogen) atoms. The maximum Gasteiger partial charge on any atom is 0.433 e. The Bertz CT molecular complexity index is 1580. The lowest BCUT2D eigenvalue weighted by atomic mass is 10.1. The Balaban J connectivity index is 1.72. The summed E-state index contributed by atoms with van der Waals surface area (Å²) in [6.07, 6.45) is -4.58. The van der Waals surface area contributed by atoms with Crippen molar-refractivity contribution in [2.24, 2.45) is 0 Å². The Labute approximate surface area is 231 Å². The molecule has 4 rings (SSSR count). The number of benzene rings is 2. The Hall–Kier alpha value is -4.06. The average molecular weight is 574 g/mol. The van der Waals surface area contributed by atoms with E-state index in [-0.39, 0.29) is 23.9 Å². The summed E-state index contributed by atoms with van der Waals surface area (Å²) < 4.78 is 74.5. The molecule has 0 aliphatic rings. The van der Waals surface area contributed by atoms with Crippen molar-refractivity contribution in [2.45, 2.75) is 46.0 Å². The number of pyridine rings is 1. The van der Waals surface area contributed by atoms with Crippen LogP contribution in [0.4, 0.5) is 30.5 Å². The van der Waals surface area contributed by atoms with Crippen molar-refractivity contribution in [3.63, 3.8) is 0 Å². The van der Waals surface area contributed by atoms with Gasteiger partial charge in [-0.3, -0.25) is 4.72 Å². The lowest BCUT2D eigenvalue weighted by Crippen LogP contribution is -2.24. The molecule has 0 spiro atoms. The molecule has 2 aromatic carbocycles. The molecule has 2 N–H and O–H groups in total. The van der Waals surface area contributed by atoms with Gasteiger partial charge in [-0.1, -0.05) is 42.5 Å². The Morgan fingerprint density at radius 1 is 0.950 bits per heavy atom. The number of alkyl halides is 3. The van der Waals surface area contributed by atoms with Crippen LogP contribution in [0, 0.1) is 0 Å². The van der Waals surface area contributed by atoms with Crippen LogP contribution in [0.1, 0.15) is 39.0 Å². The highest BCUT2D eigenvalue weighted by Gasteiger charge is 2.32. The van der Waals surface area contributed by atoms with Crippen LogP contribution >= 0.6 is 0 Å². The molecule has 212 valence electrons. The van der Waals surface area contributed by atoms with Crippen LogP contribution in [-0.4, -0.2) is 28.9 Å². The molecular formula is C28H30F3N5O3S. The quantitative estimate of drug-likeness (QED) is 0.229. The van der Waals surface area contributed by atoms with E-state index in [1.54, 1.807) is 28.9 Å². The summed E-state index contributed by atoms with van der Waals surface area (Å²) >= 11 is 0. The maximum atomic E-state index is 13.2. The van der Waals surface area contributed by atoms with Crippen molar-refractivity contribution in [3.05, 3.63) is 84.1 Å². The van der Waals surface area contributed by atoms with Gasteiger partial charge in [0.05, 0.1) is 22.7 Å². The second-order valence-electron chi connectivity index (χ2n) is 10.0. The van der Waals surface area contributed by atoms with Crippen molar-refractivity contribution in [3.8, 4) is 17.0 Å². The van der Waals surface area contributed by atoms with Gasteiger partial charge >= 0.3 is 6.18 Å². The molecular weight excluding hydrogens is 543 g/mol. The molecule has 0 fully saturated rings. The number of ether oxygens (including phenoxy) is 1. The van der Waals surface area contributed by atoms with Crippen LogP contribution < -0.4 is 14.8 Å². The maximum absolute atomic E-state index is 13.2. The van der Waals surface area contributed by atoms with Crippen molar-refractivity contribution in [1.29, 1.82) is 0 Å². The zero-order valence-electron chi connectivity index (χ0n) is 22.5. The Morgan fingerprint density at radius 2 is 1.68 bits per heavy atom. The number of anilines is 3. The van der Waals surface area contributed by atoms with E-state index in [0.29, 0.717) is 22.8 Å². The molecule has 0 radical (unpaired) electrons. The molecule has 0 saturated carbocycles. The monoisotopic (exact) mass is 573 g/mol. The fourth-order valence-corrected chi connectivity index (χ4v) is 4.42. The fraction of sp³-hybridized carbons (Fsp3) is 0.286. The molecule has 0 unspecified atom stereocenters. The van der Waals surface area contributed by atoms with E-state index in [1.165, 1.54) is 19.1 Å². The fourth-order valence-electron chi connectivity index (χ4n) is 3.78. The SMILES string of the molecule is CCS(=O)(=O)Nc1ccc(-c2cc(Nc3cccc(C(F)(F)F)n3)n(C(C)(C)C)n2)cc1OCc1ccccc1. The van der Waals surface area contributed by atoms with Crippen molar-refractivity contribution in [2.75, 3.05) is 15.8 Å². The van der Waals surface area contributed by atoms with Crippen molar-refractivity contribution in [1.82, 2.24) is 14.8 Å². The van der Waals surface area contributed by atoms with E-state index in [9.17, 15) is 21.6 Å². The van der Waals surface area contributed by atoms with Crippen LogP contribution in [0.25, 0.3) is 11.3 Å². The van der Waals surface area contributed by atoms with Crippen LogP contribution in [0.3, 0.4) is 0 Å². The number of aromatic nitrogens is 3. The second kappa shape index (κ2) is 11.2. The molecule has 2 aromatic heterocycles. The molecule has 0 amide bonds. The molecule has 0 bridgehead atoms. The third-order valence-corrected chi connectivity index (χ3v) is 7.09. The summed E-state index contributed by atoms with van der Waals surface area (Å²) in [5, 5.41) is 7.67. The zero-order chi connectivity index (χ0) is 29.1. The van der Waals surface area contributed by atoms with Gasteiger partial charge in [0.25, 0.3) is 0 Å². The predicted molar refractivity (Wildman–Crippen MR) is 149 cm³/mol. The van der Waals surface area contributed by atoms with Crippen molar-refractivity contribution < 1.29 is 26.3 Å². The predicted octanol–water partition coefficient (Wildman–Crippen LogP) is 6.80. The van der Waals surface area contributed by atoms with E-state index in [1.807, 2.05) is 51.1 Å². The van der Waals surface area contributed by atoms with E-state index in [2.05, 4.69) is 15.0 Å². The standard InChI is InChI=1S/C28H30F3N5O3S/c1-5-40(37,38)35-21-15-14-20(16-23(21)39-18-19-10-7-6-8-11-19)22-17-26(36(34-22)27(2,3)4)33-25-13-9-12-24(32-25)28(29,30)31/h6-17,35H,5,18H2,1-4H3,(H,32,33). The lowest BCUT2D eigenvalue weighted by Gasteiger charge is -2.22. The second-order valence-corrected chi connectivity index (χ2v) is 12.0. The highest BCUT2D eigenvalue weighted by atomic mass is 32.2. The molecule has 0 atom stereocenters. The summed E-state index contributed by atoms with van der Waals surface area (Å²) in [4.78, 5) is 3.70. The number of nitrogens with zero attached hydrogens (tertiary/aromatic N) is 3. The van der Waals surface area contributed by atoms with Gasteiger partial charge in [-0.25, -0.2) is 18.1 Å². The van der Waals surface area contributed by atoms with Gasteiger partial charge in [-0.05, 0) is 57.5 Å². The number of hydrogen-bond acceptors (Lipinski definition) is 6. The van der Waals surface area contributed by atoms with Crippen molar-refractivity contribution >= 4 is 27.3 Å². The number of sulfonamides is 1. The lowest BCUT2D eigenvalue weighted by molar-refractivity contribution is -0.141. The van der Waals surface area contributed by atoms with Gasteiger partial charge in [-0.2, -0.15) is 18.3 Å². The topological polar surface area (TPSA) is 98.1 Å². The highest BCUT2D eigenvalue weighted by molar-refractivity contribution is 7.92. The van der Waals surface area contributed by atoms with Gasteiger partial charge in [0.2, 0.25) is 10.0 Å². The van der Waals surface area contributed by atoms with Crippen LogP contribution in [-0.2, 0) is 28.3 Å². The largest absolute Gasteiger partial charge is 0.487 e. The minimum atomic E-state index is -4.58. The van der Waals surface area contributed by atoms with Gasteiger partial charge in [-0.15, -0.1) is 0 Å². The molecule has 12 heteroatoms. The number of rotatable bonds is 9. The van der Waals surface area contributed by atoms with E-state index in [4.69, 9.17) is 9.84 Å². The first kappa shape index (κ1) is 28.9. The third kappa shape index (κ3) is 7.12. The first-order chi connectivity index (χ1) is 18.7. The molecule has 4 aromatic rings. The minimum absolute atomic E-state index is 0.0166. The zero-order valence-corrected chi connectivity index (χ0v) is 23.3. The first-order valence-electron chi connectivity index (χ1n) is 12.5. The number of nitrogens with one attached hydrogen (secondary N) is 2. The Kier molecular flexibility index (Phi) is 8.10. The Morgan fingerprint density at radius 3 is 2.33 bits per heavy atom. The van der Waals surface area contributed by atoms with Crippen LogP contribution in [0.2, 0.25) is 0 Å². The van der Waals surface area contributed by atoms with Crippen LogP contribution in [0.15, 0.2) is 72.8 Å². The molecule has 0 saturated heterocycles. The van der Waals surface area contributed by atoms with Crippen LogP contribution in [0.5, 0.6) is 5.75 Å². The summed E-state index contributed by atoms with van der Waals surface area (Å²) in [5.74, 6) is 0.638. The number of halogens is 3. The smallest absolute Gasteiger partial charge is 0.433 e. The molecule has 8 nitrogen and oxygen atoms in total. The highest BCUT2D eigenvalue weighted by Crippen LogP contribution is 2.35. The van der Waals surface area contributed by atoms with E-state index < -0.39 is 27.4 Å². The molecule has 2 heterocycles. The molecule has 0 aliphatic carbocycles. The number of hydrogen-bond donors (Lipinski definition) is 2. The summed E-state index contributed by atoms with van der Waals surface area (Å²) in [5.41, 5.74) is 0.748. The van der Waals surface area contributed by atoms with E-state index in [0.717, 1.165) is 11.6 Å². The normalized spacial score (nSPS) is 12.3. The van der Waals surface area contributed by atoms with Gasteiger partial charge < -0.3 is 10.1 Å². The first-order valence-corrected chi connectivity index (χ1v) is 14.1. The average Bonchev–Trinajstić information content (AvgIpc) is 3.32.